The molecule has 0 saturated carbocycles. The molecule has 0 N–H and O–H groups in total. The maximum atomic E-state index is 12.2. The third-order valence-electron chi connectivity index (χ3n) is 3.41. The highest BCUT2D eigenvalue weighted by molar-refractivity contribution is 8.02. The number of alkyl halides is 4. The Kier molecular flexibility index (Phi) is 8.01. The van der Waals surface area contributed by atoms with Gasteiger partial charge in [0, 0.05) is 11.5 Å². The van der Waals surface area contributed by atoms with Crippen molar-refractivity contribution in [2.45, 2.75) is 33.4 Å². The van der Waals surface area contributed by atoms with Crippen molar-refractivity contribution in [1.82, 2.24) is 10.2 Å². The molecule has 0 unspecified atom stereocenters. The lowest BCUT2D eigenvalue weighted by Gasteiger charge is -2.05. The SMILES string of the molecule is FC(F)Oc1ccc(CSc2nnc(SCc3ccc(OC(F)F)cc3)s2)cc1. The van der Waals surface area contributed by atoms with E-state index in [1.807, 2.05) is 0 Å². The van der Waals surface area contributed by atoms with Crippen LogP contribution in [-0.2, 0) is 11.5 Å². The Morgan fingerprint density at radius 2 is 1.07 bits per heavy atom. The molecule has 3 aromatic rings. The van der Waals surface area contributed by atoms with Crippen LogP contribution in [0.25, 0.3) is 0 Å². The molecule has 1 aromatic heterocycles. The van der Waals surface area contributed by atoms with E-state index in [4.69, 9.17) is 0 Å². The lowest BCUT2D eigenvalue weighted by atomic mass is 10.2. The van der Waals surface area contributed by atoms with Gasteiger partial charge in [-0.2, -0.15) is 17.6 Å². The first-order valence-corrected chi connectivity index (χ1v) is 10.9. The van der Waals surface area contributed by atoms with Crippen molar-refractivity contribution in [3.63, 3.8) is 0 Å². The summed E-state index contributed by atoms with van der Waals surface area (Å²) in [6.07, 6.45) is 0. The van der Waals surface area contributed by atoms with Gasteiger partial charge >= 0.3 is 13.2 Å². The van der Waals surface area contributed by atoms with Gasteiger partial charge in [-0.1, -0.05) is 59.1 Å². The van der Waals surface area contributed by atoms with Crippen molar-refractivity contribution in [2.75, 3.05) is 0 Å². The zero-order valence-electron chi connectivity index (χ0n) is 14.6. The Labute approximate surface area is 176 Å². The Balaban J connectivity index is 1.45. The molecule has 11 heteroatoms. The minimum absolute atomic E-state index is 0.122. The number of nitrogens with zero attached hydrogens (tertiary/aromatic N) is 2. The Morgan fingerprint density at radius 1 is 0.690 bits per heavy atom. The lowest BCUT2D eigenvalue weighted by molar-refractivity contribution is -0.0505. The minimum Gasteiger partial charge on any atom is -0.435 e. The van der Waals surface area contributed by atoms with E-state index in [2.05, 4.69) is 19.7 Å². The second kappa shape index (κ2) is 10.7. The normalized spacial score (nSPS) is 11.2. The molecule has 0 aliphatic heterocycles. The molecule has 0 bridgehead atoms. The van der Waals surface area contributed by atoms with Crippen LogP contribution in [0.1, 0.15) is 11.1 Å². The average molecular weight is 463 g/mol. The lowest BCUT2D eigenvalue weighted by Crippen LogP contribution is -2.01. The van der Waals surface area contributed by atoms with E-state index in [1.165, 1.54) is 59.1 Å². The van der Waals surface area contributed by atoms with Crippen molar-refractivity contribution in [3.05, 3.63) is 59.7 Å². The number of thioether (sulfide) groups is 2. The Morgan fingerprint density at radius 3 is 1.41 bits per heavy atom. The number of ether oxygens (including phenoxy) is 2. The van der Waals surface area contributed by atoms with Gasteiger partial charge in [0.15, 0.2) is 8.68 Å². The van der Waals surface area contributed by atoms with Gasteiger partial charge in [-0.15, -0.1) is 10.2 Å². The molecular weight excluding hydrogens is 448 g/mol. The number of hydrogen-bond donors (Lipinski definition) is 0. The highest BCUT2D eigenvalue weighted by Gasteiger charge is 2.08. The van der Waals surface area contributed by atoms with E-state index in [9.17, 15) is 17.6 Å². The fourth-order valence-electron chi connectivity index (χ4n) is 2.14. The monoisotopic (exact) mass is 462 g/mol. The van der Waals surface area contributed by atoms with Crippen LogP contribution in [0.4, 0.5) is 17.6 Å². The first-order valence-electron chi connectivity index (χ1n) is 8.14. The Hall–Kier alpha value is -1.98. The highest BCUT2D eigenvalue weighted by Crippen LogP contribution is 2.32. The quantitative estimate of drug-likeness (QED) is 0.259. The molecule has 0 saturated heterocycles. The van der Waals surface area contributed by atoms with Crippen molar-refractivity contribution < 1.29 is 27.0 Å². The van der Waals surface area contributed by atoms with Gasteiger partial charge in [0.2, 0.25) is 0 Å². The third kappa shape index (κ3) is 7.41. The zero-order chi connectivity index (χ0) is 20.6. The molecule has 2 aromatic carbocycles. The van der Waals surface area contributed by atoms with Crippen molar-refractivity contribution in [2.24, 2.45) is 0 Å². The summed E-state index contributed by atoms with van der Waals surface area (Å²) in [4.78, 5) is 0. The maximum Gasteiger partial charge on any atom is 0.387 e. The summed E-state index contributed by atoms with van der Waals surface area (Å²) in [6, 6.07) is 12.9. The summed E-state index contributed by atoms with van der Waals surface area (Å²) >= 11 is 4.45. The summed E-state index contributed by atoms with van der Waals surface area (Å²) in [5, 5.41) is 8.26. The molecule has 0 atom stereocenters. The Bertz CT molecular complexity index is 821. The number of benzene rings is 2. The fraction of sp³-hybridized carbons (Fsp3) is 0.222. The molecule has 1 heterocycles. The van der Waals surface area contributed by atoms with E-state index in [0.29, 0.717) is 11.5 Å². The van der Waals surface area contributed by atoms with Crippen molar-refractivity contribution in [1.29, 1.82) is 0 Å². The van der Waals surface area contributed by atoms with Gasteiger partial charge in [0.05, 0.1) is 0 Å². The smallest absolute Gasteiger partial charge is 0.387 e. The number of rotatable bonds is 10. The standard InChI is InChI=1S/C18H14F4N2O2S3/c19-15(20)25-13-5-1-11(2-6-13)9-27-17-23-24-18(29-17)28-10-12-3-7-14(8-4-12)26-16(21)22/h1-8,15-16H,9-10H2. The van der Waals surface area contributed by atoms with Crippen molar-refractivity contribution >= 4 is 34.9 Å². The van der Waals surface area contributed by atoms with Crippen LogP contribution in [0.5, 0.6) is 11.5 Å². The van der Waals surface area contributed by atoms with E-state index in [0.717, 1.165) is 19.8 Å². The van der Waals surface area contributed by atoms with Crippen LogP contribution < -0.4 is 9.47 Å². The molecule has 29 heavy (non-hydrogen) atoms. The topological polar surface area (TPSA) is 44.2 Å². The largest absolute Gasteiger partial charge is 0.435 e. The predicted molar refractivity (Wildman–Crippen MR) is 105 cm³/mol. The molecule has 0 aliphatic rings. The van der Waals surface area contributed by atoms with Gasteiger partial charge in [0.1, 0.15) is 11.5 Å². The summed E-state index contributed by atoms with van der Waals surface area (Å²) in [5.74, 6) is 1.49. The van der Waals surface area contributed by atoms with E-state index < -0.39 is 13.2 Å². The van der Waals surface area contributed by atoms with Gasteiger partial charge in [-0.3, -0.25) is 0 Å². The summed E-state index contributed by atoms with van der Waals surface area (Å²) in [7, 11) is 0. The first kappa shape index (κ1) is 21.7. The molecule has 0 radical (unpaired) electrons. The summed E-state index contributed by atoms with van der Waals surface area (Å²) in [6.45, 7) is -5.67. The third-order valence-corrected chi connectivity index (χ3v) is 6.74. The molecule has 0 spiro atoms. The van der Waals surface area contributed by atoms with Crippen LogP contribution in [0.15, 0.2) is 57.2 Å². The van der Waals surface area contributed by atoms with Crippen LogP contribution >= 0.6 is 34.9 Å². The van der Waals surface area contributed by atoms with Crippen molar-refractivity contribution in [3.8, 4) is 11.5 Å². The molecule has 3 rings (SSSR count). The molecule has 0 aliphatic carbocycles. The van der Waals surface area contributed by atoms with E-state index in [-0.39, 0.29) is 11.5 Å². The average Bonchev–Trinajstić information content (AvgIpc) is 3.14. The minimum atomic E-state index is -2.84. The predicted octanol–water partition coefficient (Wildman–Crippen LogP) is 6.33. The van der Waals surface area contributed by atoms with Gasteiger partial charge in [-0.25, -0.2) is 0 Å². The van der Waals surface area contributed by atoms with Crippen LogP contribution in [-0.4, -0.2) is 23.4 Å². The van der Waals surface area contributed by atoms with Gasteiger partial charge in [0.25, 0.3) is 0 Å². The second-order valence-electron chi connectivity index (χ2n) is 5.46. The van der Waals surface area contributed by atoms with E-state index >= 15 is 0 Å². The fourth-order valence-corrected chi connectivity index (χ4v) is 5.07. The molecule has 4 nitrogen and oxygen atoms in total. The number of aromatic nitrogens is 2. The van der Waals surface area contributed by atoms with Crippen LogP contribution in [0.3, 0.4) is 0 Å². The van der Waals surface area contributed by atoms with Crippen LogP contribution in [0.2, 0.25) is 0 Å². The summed E-state index contributed by atoms with van der Waals surface area (Å²) < 4.78 is 58.8. The number of halogens is 4. The molecule has 0 fully saturated rings. The van der Waals surface area contributed by atoms with E-state index in [1.54, 1.807) is 24.3 Å². The summed E-state index contributed by atoms with van der Waals surface area (Å²) in [5.41, 5.74) is 1.90. The molecule has 0 amide bonds. The maximum absolute atomic E-state index is 12.2. The second-order valence-corrected chi connectivity index (χ2v) is 8.88. The molecular formula is C18H14F4N2O2S3. The van der Waals surface area contributed by atoms with Crippen LogP contribution in [0, 0.1) is 0 Å². The van der Waals surface area contributed by atoms with Gasteiger partial charge in [-0.05, 0) is 35.4 Å². The molecule has 154 valence electrons. The number of hydrogen-bond acceptors (Lipinski definition) is 7. The first-order chi connectivity index (χ1) is 14.0. The zero-order valence-corrected chi connectivity index (χ0v) is 17.1. The van der Waals surface area contributed by atoms with Gasteiger partial charge < -0.3 is 9.47 Å². The highest BCUT2D eigenvalue weighted by atomic mass is 32.2.